The molecule has 1 aromatic heterocycles. The Morgan fingerprint density at radius 2 is 1.83 bits per heavy atom. The number of anilines is 2. The molecule has 0 saturated carbocycles. The van der Waals surface area contributed by atoms with Gasteiger partial charge in [-0.05, 0) is 30.7 Å². The summed E-state index contributed by atoms with van der Waals surface area (Å²) in [6, 6.07) is 7.04. The molecule has 0 saturated heterocycles. The number of amides is 2. The molecular formula is C16H20N4O2S. The van der Waals surface area contributed by atoms with E-state index < -0.39 is 0 Å². The van der Waals surface area contributed by atoms with E-state index in [4.69, 9.17) is 0 Å². The first-order chi connectivity index (χ1) is 11.0. The summed E-state index contributed by atoms with van der Waals surface area (Å²) < 4.78 is 1.89. The van der Waals surface area contributed by atoms with Gasteiger partial charge in [-0.3, -0.25) is 9.59 Å². The van der Waals surface area contributed by atoms with Gasteiger partial charge in [0.2, 0.25) is 11.8 Å². The molecule has 2 rings (SSSR count). The van der Waals surface area contributed by atoms with Gasteiger partial charge >= 0.3 is 0 Å². The number of imidazole rings is 1. The van der Waals surface area contributed by atoms with Crippen LogP contribution in [0.5, 0.6) is 0 Å². The number of carbonyl (C=O) groups is 2. The molecular weight excluding hydrogens is 312 g/mol. The Morgan fingerprint density at radius 1 is 1.22 bits per heavy atom. The Morgan fingerprint density at radius 3 is 2.30 bits per heavy atom. The second-order valence-electron chi connectivity index (χ2n) is 5.08. The van der Waals surface area contributed by atoms with Crippen molar-refractivity contribution < 1.29 is 9.59 Å². The molecule has 0 fully saturated rings. The Hall–Kier alpha value is -2.28. The first-order valence-corrected chi connectivity index (χ1v) is 8.20. The van der Waals surface area contributed by atoms with Crippen LogP contribution in [0, 0.1) is 0 Å². The van der Waals surface area contributed by atoms with Crippen molar-refractivity contribution in [1.29, 1.82) is 0 Å². The maximum absolute atomic E-state index is 12.4. The zero-order valence-corrected chi connectivity index (χ0v) is 14.2. The summed E-state index contributed by atoms with van der Waals surface area (Å²) >= 11 is 1.44. The number of carbonyl (C=O) groups excluding carboxylic acids is 2. The fourth-order valence-corrected chi connectivity index (χ4v) is 2.91. The van der Waals surface area contributed by atoms with E-state index >= 15 is 0 Å². The Kier molecular flexibility index (Phi) is 5.81. The standard InChI is InChI=1S/C16H20N4O2S/c1-4-14(23-16-17-9-10-20(16)3)15(22)19-13-7-5-12(6-8-13)18-11(2)21/h5-10,14H,4H2,1-3H3,(H,18,21)(H,19,22). The Balaban J connectivity index is 1.99. The molecule has 0 bridgehead atoms. The number of hydrogen-bond donors (Lipinski definition) is 2. The molecule has 1 atom stereocenters. The second-order valence-corrected chi connectivity index (χ2v) is 6.25. The van der Waals surface area contributed by atoms with E-state index in [2.05, 4.69) is 15.6 Å². The molecule has 6 nitrogen and oxygen atoms in total. The molecule has 1 unspecified atom stereocenters. The normalized spacial score (nSPS) is 11.8. The van der Waals surface area contributed by atoms with E-state index in [9.17, 15) is 9.59 Å². The molecule has 7 heteroatoms. The molecule has 23 heavy (non-hydrogen) atoms. The maximum Gasteiger partial charge on any atom is 0.237 e. The summed E-state index contributed by atoms with van der Waals surface area (Å²) in [5.74, 6) is -0.188. The molecule has 2 amide bonds. The fraction of sp³-hybridized carbons (Fsp3) is 0.312. The molecule has 1 aromatic carbocycles. The minimum absolute atomic E-state index is 0.0622. The average molecular weight is 332 g/mol. The van der Waals surface area contributed by atoms with E-state index in [0.717, 1.165) is 5.16 Å². The van der Waals surface area contributed by atoms with Gasteiger partial charge in [0, 0.05) is 37.7 Å². The van der Waals surface area contributed by atoms with Crippen molar-refractivity contribution >= 4 is 35.0 Å². The van der Waals surface area contributed by atoms with E-state index in [0.29, 0.717) is 17.8 Å². The third-order valence-electron chi connectivity index (χ3n) is 3.16. The van der Waals surface area contributed by atoms with E-state index in [1.165, 1.54) is 18.7 Å². The van der Waals surface area contributed by atoms with Gasteiger partial charge in [-0.25, -0.2) is 4.98 Å². The monoisotopic (exact) mass is 332 g/mol. The van der Waals surface area contributed by atoms with Crippen LogP contribution < -0.4 is 10.6 Å². The number of nitrogens with zero attached hydrogens (tertiary/aromatic N) is 2. The van der Waals surface area contributed by atoms with Gasteiger partial charge in [0.1, 0.15) is 0 Å². The summed E-state index contributed by atoms with van der Waals surface area (Å²) in [7, 11) is 1.90. The number of nitrogens with one attached hydrogen (secondary N) is 2. The lowest BCUT2D eigenvalue weighted by Gasteiger charge is -2.14. The van der Waals surface area contributed by atoms with Crippen LogP contribution in [-0.2, 0) is 16.6 Å². The molecule has 0 aliphatic rings. The van der Waals surface area contributed by atoms with Crippen molar-refractivity contribution in [2.75, 3.05) is 10.6 Å². The fourth-order valence-electron chi connectivity index (χ4n) is 1.98. The molecule has 0 spiro atoms. The average Bonchev–Trinajstić information content (AvgIpc) is 2.91. The largest absolute Gasteiger partial charge is 0.329 e. The number of rotatable bonds is 6. The number of benzene rings is 1. The topological polar surface area (TPSA) is 76.0 Å². The lowest BCUT2D eigenvalue weighted by molar-refractivity contribution is -0.116. The van der Waals surface area contributed by atoms with Crippen LogP contribution in [0.1, 0.15) is 20.3 Å². The second kappa shape index (κ2) is 7.82. The molecule has 0 radical (unpaired) electrons. The van der Waals surface area contributed by atoms with Crippen LogP contribution in [0.4, 0.5) is 11.4 Å². The van der Waals surface area contributed by atoms with Crippen molar-refractivity contribution in [1.82, 2.24) is 9.55 Å². The summed E-state index contributed by atoms with van der Waals surface area (Å²) in [6.07, 6.45) is 4.27. The van der Waals surface area contributed by atoms with Crippen LogP contribution >= 0.6 is 11.8 Å². The van der Waals surface area contributed by atoms with Crippen molar-refractivity contribution in [2.45, 2.75) is 30.7 Å². The van der Waals surface area contributed by atoms with Gasteiger partial charge in [-0.1, -0.05) is 18.7 Å². The summed E-state index contributed by atoms with van der Waals surface area (Å²) in [5, 5.41) is 6.18. The van der Waals surface area contributed by atoms with Crippen LogP contribution in [-0.4, -0.2) is 26.6 Å². The van der Waals surface area contributed by atoms with Crippen LogP contribution in [0.3, 0.4) is 0 Å². The Bertz CT molecular complexity index is 682. The number of aryl methyl sites for hydroxylation is 1. The molecule has 122 valence electrons. The SMILES string of the molecule is CCC(Sc1nccn1C)C(=O)Nc1ccc(NC(C)=O)cc1. The quantitative estimate of drug-likeness (QED) is 0.798. The van der Waals surface area contributed by atoms with Crippen molar-refractivity contribution in [3.63, 3.8) is 0 Å². The van der Waals surface area contributed by atoms with Gasteiger partial charge in [0.05, 0.1) is 5.25 Å². The van der Waals surface area contributed by atoms with E-state index in [1.807, 2.05) is 24.7 Å². The summed E-state index contributed by atoms with van der Waals surface area (Å²) in [5.41, 5.74) is 1.40. The molecule has 2 N–H and O–H groups in total. The van der Waals surface area contributed by atoms with Gasteiger partial charge in [0.25, 0.3) is 0 Å². The third kappa shape index (κ3) is 4.85. The van der Waals surface area contributed by atoms with E-state index in [1.54, 1.807) is 30.5 Å². The lowest BCUT2D eigenvalue weighted by atomic mass is 10.2. The lowest BCUT2D eigenvalue weighted by Crippen LogP contribution is -2.25. The predicted molar refractivity (Wildman–Crippen MR) is 92.5 cm³/mol. The number of hydrogen-bond acceptors (Lipinski definition) is 4. The zero-order chi connectivity index (χ0) is 16.8. The number of thioether (sulfide) groups is 1. The number of aromatic nitrogens is 2. The first kappa shape index (κ1) is 17.1. The molecule has 1 heterocycles. The van der Waals surface area contributed by atoms with Crippen molar-refractivity contribution in [2.24, 2.45) is 7.05 Å². The van der Waals surface area contributed by atoms with E-state index in [-0.39, 0.29) is 17.1 Å². The molecule has 0 aliphatic heterocycles. The van der Waals surface area contributed by atoms with Gasteiger partial charge in [0.15, 0.2) is 5.16 Å². The van der Waals surface area contributed by atoms with Crippen LogP contribution in [0.15, 0.2) is 41.8 Å². The molecule has 2 aromatic rings. The maximum atomic E-state index is 12.4. The van der Waals surface area contributed by atoms with Crippen molar-refractivity contribution in [3.05, 3.63) is 36.7 Å². The summed E-state index contributed by atoms with van der Waals surface area (Å²) in [6.45, 7) is 3.43. The smallest absolute Gasteiger partial charge is 0.237 e. The van der Waals surface area contributed by atoms with Gasteiger partial charge in [-0.2, -0.15) is 0 Å². The highest BCUT2D eigenvalue weighted by Gasteiger charge is 2.20. The highest BCUT2D eigenvalue weighted by molar-refractivity contribution is 8.00. The third-order valence-corrected chi connectivity index (χ3v) is 4.60. The highest BCUT2D eigenvalue weighted by atomic mass is 32.2. The van der Waals surface area contributed by atoms with Gasteiger partial charge < -0.3 is 15.2 Å². The van der Waals surface area contributed by atoms with Gasteiger partial charge in [-0.15, -0.1) is 0 Å². The zero-order valence-electron chi connectivity index (χ0n) is 13.4. The predicted octanol–water partition coefficient (Wildman–Crippen LogP) is 2.89. The minimum Gasteiger partial charge on any atom is -0.329 e. The Labute approximate surface area is 139 Å². The van der Waals surface area contributed by atoms with Crippen LogP contribution in [0.25, 0.3) is 0 Å². The summed E-state index contributed by atoms with van der Waals surface area (Å²) in [4.78, 5) is 27.6. The highest BCUT2D eigenvalue weighted by Crippen LogP contribution is 2.25. The van der Waals surface area contributed by atoms with Crippen molar-refractivity contribution in [3.8, 4) is 0 Å². The van der Waals surface area contributed by atoms with Crippen LogP contribution in [0.2, 0.25) is 0 Å². The molecule has 0 aliphatic carbocycles. The minimum atomic E-state index is -0.217. The first-order valence-electron chi connectivity index (χ1n) is 7.32.